The van der Waals surface area contributed by atoms with Crippen molar-refractivity contribution < 1.29 is 0 Å². The minimum Gasteiger partial charge on any atom is -0.369 e. The highest BCUT2D eigenvalue weighted by Gasteiger charge is 2.19. The van der Waals surface area contributed by atoms with E-state index in [-0.39, 0.29) is 0 Å². The molecule has 2 aromatic rings. The van der Waals surface area contributed by atoms with Gasteiger partial charge in [0.25, 0.3) is 0 Å². The maximum absolute atomic E-state index is 6.38. The molecule has 4 rings (SSSR count). The molecule has 4 N–H and O–H groups in total. The van der Waals surface area contributed by atoms with Crippen LogP contribution in [0.5, 0.6) is 0 Å². The van der Waals surface area contributed by atoms with Crippen molar-refractivity contribution in [1.82, 2.24) is 25.9 Å². The Morgan fingerprint density at radius 1 is 1.11 bits per heavy atom. The Bertz CT molecular complexity index is 927. The van der Waals surface area contributed by atoms with Crippen molar-refractivity contribution in [3.05, 3.63) is 51.5 Å². The number of rotatable bonds is 6. The average molecular weight is 418 g/mol. The van der Waals surface area contributed by atoms with Crippen LogP contribution in [0.25, 0.3) is 11.4 Å². The molecule has 2 aliphatic rings. The van der Waals surface area contributed by atoms with E-state index in [1.54, 1.807) is 18.3 Å². The Morgan fingerprint density at radius 3 is 2.82 bits per heavy atom. The van der Waals surface area contributed by atoms with E-state index in [1.165, 1.54) is 0 Å². The standard InChI is InChI=1S/C19H21Cl2N7/c20-12-1-2-13(15(21)9-12)19-27-16-3-4-22-10-14(16)18(28-19)26-8-7-25-17-11-23-5-6-24-17/h1-2,5,9,11,22,24-25H,3-4,6-8,10H2,(H,26,27,28). The van der Waals surface area contributed by atoms with E-state index in [9.17, 15) is 0 Å². The monoisotopic (exact) mass is 417 g/mol. The molecule has 0 saturated heterocycles. The molecule has 0 spiro atoms. The number of fused-ring (bicyclic) bond motifs is 1. The SMILES string of the molecule is Clc1ccc(-c2nc3c(c(NCCNC4=CN=CCN4)n2)CNCC3)c(Cl)c1. The summed E-state index contributed by atoms with van der Waals surface area (Å²) in [5, 5.41) is 14.5. The molecule has 146 valence electrons. The van der Waals surface area contributed by atoms with Crippen molar-refractivity contribution in [2.75, 3.05) is 31.5 Å². The smallest absolute Gasteiger partial charge is 0.163 e. The molecule has 7 nitrogen and oxygen atoms in total. The highest BCUT2D eigenvalue weighted by molar-refractivity contribution is 6.36. The maximum Gasteiger partial charge on any atom is 0.163 e. The predicted octanol–water partition coefficient (Wildman–Crippen LogP) is 2.57. The van der Waals surface area contributed by atoms with Crippen molar-refractivity contribution in [2.24, 2.45) is 4.99 Å². The number of nitrogens with zero attached hydrogens (tertiary/aromatic N) is 3. The Hall–Kier alpha value is -2.35. The third-order valence-electron chi connectivity index (χ3n) is 4.53. The Morgan fingerprint density at radius 2 is 2.00 bits per heavy atom. The summed E-state index contributed by atoms with van der Waals surface area (Å²) in [4.78, 5) is 13.7. The fourth-order valence-corrected chi connectivity index (χ4v) is 3.64. The molecule has 3 heterocycles. The van der Waals surface area contributed by atoms with Gasteiger partial charge in [-0.1, -0.05) is 23.2 Å². The summed E-state index contributed by atoms with van der Waals surface area (Å²) in [6.07, 6.45) is 4.46. The Labute approximate surface area is 173 Å². The number of hydrogen-bond donors (Lipinski definition) is 4. The largest absolute Gasteiger partial charge is 0.369 e. The second-order valence-electron chi connectivity index (χ2n) is 6.48. The van der Waals surface area contributed by atoms with Crippen LogP contribution >= 0.6 is 23.2 Å². The number of hydrogen-bond acceptors (Lipinski definition) is 7. The minimum absolute atomic E-state index is 0.546. The number of halogens is 2. The van der Waals surface area contributed by atoms with Crippen LogP contribution in [-0.2, 0) is 13.0 Å². The van der Waals surface area contributed by atoms with Gasteiger partial charge in [-0.25, -0.2) is 9.97 Å². The molecule has 0 bridgehead atoms. The van der Waals surface area contributed by atoms with Crippen molar-refractivity contribution in [1.29, 1.82) is 0 Å². The normalized spacial score (nSPS) is 15.4. The lowest BCUT2D eigenvalue weighted by Crippen LogP contribution is -2.33. The summed E-state index contributed by atoms with van der Waals surface area (Å²) in [5.41, 5.74) is 2.94. The van der Waals surface area contributed by atoms with Gasteiger partial charge in [-0.05, 0) is 18.2 Å². The molecule has 0 saturated carbocycles. The van der Waals surface area contributed by atoms with Gasteiger partial charge < -0.3 is 21.3 Å². The number of aromatic nitrogens is 2. The molecular formula is C19H21Cl2N7. The summed E-state index contributed by atoms with van der Waals surface area (Å²) in [5.74, 6) is 2.37. The fourth-order valence-electron chi connectivity index (χ4n) is 3.15. The van der Waals surface area contributed by atoms with Crippen LogP contribution in [-0.4, -0.2) is 42.4 Å². The van der Waals surface area contributed by atoms with Gasteiger partial charge in [0.1, 0.15) is 11.6 Å². The molecule has 0 amide bonds. The third kappa shape index (κ3) is 4.38. The van der Waals surface area contributed by atoms with Crippen molar-refractivity contribution >= 4 is 35.2 Å². The fraction of sp³-hybridized carbons (Fsp3) is 0.316. The van der Waals surface area contributed by atoms with Gasteiger partial charge in [0.05, 0.1) is 23.5 Å². The zero-order valence-electron chi connectivity index (χ0n) is 15.2. The summed E-state index contributed by atoms with van der Waals surface area (Å²) in [6.45, 7) is 3.83. The number of anilines is 1. The zero-order valence-corrected chi connectivity index (χ0v) is 16.7. The van der Waals surface area contributed by atoms with E-state index < -0.39 is 0 Å². The Balaban J connectivity index is 1.53. The first-order valence-corrected chi connectivity index (χ1v) is 9.95. The molecule has 0 radical (unpaired) electrons. The quantitative estimate of drug-likeness (QED) is 0.540. The number of aliphatic imine (C=N–C) groups is 1. The Kier molecular flexibility index (Phi) is 5.95. The molecular weight excluding hydrogens is 397 g/mol. The van der Waals surface area contributed by atoms with Crippen LogP contribution < -0.4 is 21.3 Å². The first-order chi connectivity index (χ1) is 13.7. The lowest BCUT2D eigenvalue weighted by atomic mass is 10.1. The van der Waals surface area contributed by atoms with E-state index in [0.717, 1.165) is 61.1 Å². The van der Waals surface area contributed by atoms with E-state index in [0.29, 0.717) is 22.4 Å². The second kappa shape index (κ2) is 8.77. The van der Waals surface area contributed by atoms with Crippen molar-refractivity contribution in [3.63, 3.8) is 0 Å². The van der Waals surface area contributed by atoms with E-state index in [4.69, 9.17) is 33.2 Å². The van der Waals surface area contributed by atoms with Crippen LogP contribution in [0.2, 0.25) is 10.0 Å². The van der Waals surface area contributed by atoms with Gasteiger partial charge in [0.15, 0.2) is 5.82 Å². The molecule has 28 heavy (non-hydrogen) atoms. The summed E-state index contributed by atoms with van der Waals surface area (Å²) >= 11 is 12.4. The maximum atomic E-state index is 6.38. The lowest BCUT2D eigenvalue weighted by Gasteiger charge is -2.21. The van der Waals surface area contributed by atoms with Crippen molar-refractivity contribution in [3.8, 4) is 11.4 Å². The van der Waals surface area contributed by atoms with Crippen LogP contribution in [0, 0.1) is 0 Å². The van der Waals surface area contributed by atoms with Gasteiger partial charge in [-0.2, -0.15) is 0 Å². The first kappa shape index (κ1) is 19.0. The summed E-state index contributed by atoms with van der Waals surface area (Å²) in [6, 6.07) is 5.38. The summed E-state index contributed by atoms with van der Waals surface area (Å²) < 4.78 is 0. The molecule has 9 heteroatoms. The zero-order chi connectivity index (χ0) is 19.3. The second-order valence-corrected chi connectivity index (χ2v) is 7.32. The predicted molar refractivity (Wildman–Crippen MR) is 114 cm³/mol. The molecule has 0 atom stereocenters. The number of benzene rings is 1. The van der Waals surface area contributed by atoms with Crippen LogP contribution in [0.3, 0.4) is 0 Å². The topological polar surface area (TPSA) is 86.3 Å². The van der Waals surface area contributed by atoms with E-state index in [2.05, 4.69) is 26.3 Å². The molecule has 0 unspecified atom stereocenters. The van der Waals surface area contributed by atoms with Crippen LogP contribution in [0.1, 0.15) is 11.3 Å². The van der Waals surface area contributed by atoms with Crippen molar-refractivity contribution in [2.45, 2.75) is 13.0 Å². The van der Waals surface area contributed by atoms with E-state index in [1.807, 2.05) is 12.3 Å². The molecule has 1 aromatic carbocycles. The van der Waals surface area contributed by atoms with Gasteiger partial charge >= 0.3 is 0 Å². The highest BCUT2D eigenvalue weighted by atomic mass is 35.5. The minimum atomic E-state index is 0.546. The molecule has 0 aliphatic carbocycles. The van der Waals surface area contributed by atoms with Gasteiger partial charge in [-0.3, -0.25) is 4.99 Å². The first-order valence-electron chi connectivity index (χ1n) is 9.20. The van der Waals surface area contributed by atoms with Crippen LogP contribution in [0.15, 0.2) is 35.2 Å². The average Bonchev–Trinajstić information content (AvgIpc) is 2.72. The molecule has 2 aliphatic heterocycles. The summed E-state index contributed by atoms with van der Waals surface area (Å²) in [7, 11) is 0. The van der Waals surface area contributed by atoms with Gasteiger partial charge in [0.2, 0.25) is 0 Å². The van der Waals surface area contributed by atoms with Gasteiger partial charge in [0, 0.05) is 55.0 Å². The highest BCUT2D eigenvalue weighted by Crippen LogP contribution is 2.31. The molecule has 0 fully saturated rings. The third-order valence-corrected chi connectivity index (χ3v) is 5.08. The number of nitrogens with one attached hydrogen (secondary N) is 4. The van der Waals surface area contributed by atoms with Gasteiger partial charge in [-0.15, -0.1) is 0 Å². The van der Waals surface area contributed by atoms with E-state index >= 15 is 0 Å². The van der Waals surface area contributed by atoms with Crippen LogP contribution in [0.4, 0.5) is 5.82 Å². The molecule has 1 aromatic heterocycles. The lowest BCUT2D eigenvalue weighted by molar-refractivity contribution is 0.627.